The van der Waals surface area contributed by atoms with Gasteiger partial charge in [-0.25, -0.2) is 9.37 Å². The zero-order valence-electron chi connectivity index (χ0n) is 14.5. The Morgan fingerprint density at radius 2 is 2.08 bits per heavy atom. The number of H-pyrrole nitrogens is 1. The largest absolute Gasteiger partial charge is 0.494 e. The maximum atomic E-state index is 13.6. The number of aromatic nitrogens is 2. The van der Waals surface area contributed by atoms with E-state index in [9.17, 15) is 9.18 Å². The van der Waals surface area contributed by atoms with Gasteiger partial charge in [0.25, 0.3) is 5.91 Å². The van der Waals surface area contributed by atoms with Crippen molar-refractivity contribution in [2.24, 2.45) is 0 Å². The molecule has 0 saturated carbocycles. The lowest BCUT2D eigenvalue weighted by atomic mass is 10.1. The molecule has 0 unspecified atom stereocenters. The van der Waals surface area contributed by atoms with Crippen molar-refractivity contribution in [3.05, 3.63) is 47.3 Å². The monoisotopic (exact) mass is 334 g/mol. The summed E-state index contributed by atoms with van der Waals surface area (Å²) in [5.74, 6) is -0.612. The summed E-state index contributed by atoms with van der Waals surface area (Å²) in [6.45, 7) is 3.56. The third-order valence-electron chi connectivity index (χ3n) is 3.78. The van der Waals surface area contributed by atoms with Crippen molar-refractivity contribution < 1.29 is 13.9 Å². The lowest BCUT2D eigenvalue weighted by molar-refractivity contribution is 0.0729. The molecule has 0 aliphatic rings. The van der Waals surface area contributed by atoms with E-state index in [1.54, 1.807) is 11.2 Å². The maximum absolute atomic E-state index is 13.6. The van der Waals surface area contributed by atoms with E-state index < -0.39 is 5.82 Å². The van der Waals surface area contributed by atoms with Crippen LogP contribution in [-0.4, -0.2) is 60.0 Å². The Labute approximate surface area is 141 Å². The highest BCUT2D eigenvalue weighted by atomic mass is 19.1. The number of halogens is 1. The number of imidazole rings is 1. The molecule has 1 N–H and O–H groups in total. The van der Waals surface area contributed by atoms with Crippen LogP contribution in [0.5, 0.6) is 5.75 Å². The fraction of sp³-hybridized carbons (Fsp3) is 0.412. The summed E-state index contributed by atoms with van der Waals surface area (Å²) < 4.78 is 18.5. The Kier molecular flexibility index (Phi) is 5.92. The summed E-state index contributed by atoms with van der Waals surface area (Å²) in [4.78, 5) is 23.8. The van der Waals surface area contributed by atoms with Crippen molar-refractivity contribution in [1.82, 2.24) is 19.8 Å². The van der Waals surface area contributed by atoms with Crippen LogP contribution in [0.2, 0.25) is 0 Å². The summed E-state index contributed by atoms with van der Waals surface area (Å²) in [5, 5.41) is 0. The first-order valence-electron chi connectivity index (χ1n) is 7.68. The van der Waals surface area contributed by atoms with Crippen LogP contribution in [0, 0.1) is 12.7 Å². The summed E-state index contributed by atoms with van der Waals surface area (Å²) in [5.41, 5.74) is 2.13. The van der Waals surface area contributed by atoms with Crippen LogP contribution in [-0.2, 0) is 6.54 Å². The van der Waals surface area contributed by atoms with E-state index in [4.69, 9.17) is 4.74 Å². The van der Waals surface area contributed by atoms with Crippen molar-refractivity contribution in [2.75, 3.05) is 34.3 Å². The van der Waals surface area contributed by atoms with Gasteiger partial charge in [-0.3, -0.25) is 4.79 Å². The standard InChI is InChI=1S/C17H23FN4O2/c1-12-15(20-11-19-12)10-22(8-7-21(2)3)17(23)13-5-6-14(18)16(9-13)24-4/h5-6,9,11H,7-8,10H2,1-4H3,(H,19,20). The van der Waals surface area contributed by atoms with Gasteiger partial charge in [-0.15, -0.1) is 0 Å². The average Bonchev–Trinajstić information content (AvgIpc) is 2.96. The van der Waals surface area contributed by atoms with E-state index in [1.807, 2.05) is 25.9 Å². The number of ether oxygens (including phenoxy) is 1. The number of benzene rings is 1. The van der Waals surface area contributed by atoms with Crippen molar-refractivity contribution in [3.63, 3.8) is 0 Å². The molecule has 0 atom stereocenters. The molecule has 0 spiro atoms. The number of rotatable bonds is 7. The highest BCUT2D eigenvalue weighted by Gasteiger charge is 2.19. The minimum atomic E-state index is -0.489. The number of methoxy groups -OCH3 is 1. The van der Waals surface area contributed by atoms with Gasteiger partial charge in [0.1, 0.15) is 0 Å². The van der Waals surface area contributed by atoms with Crippen LogP contribution in [0.25, 0.3) is 0 Å². The van der Waals surface area contributed by atoms with E-state index in [2.05, 4.69) is 9.97 Å². The zero-order valence-corrected chi connectivity index (χ0v) is 14.5. The van der Waals surface area contributed by atoms with Crippen LogP contribution in [0.4, 0.5) is 4.39 Å². The van der Waals surface area contributed by atoms with Gasteiger partial charge in [-0.1, -0.05) is 0 Å². The molecule has 24 heavy (non-hydrogen) atoms. The highest BCUT2D eigenvalue weighted by Crippen LogP contribution is 2.20. The van der Waals surface area contributed by atoms with E-state index in [0.717, 1.165) is 11.4 Å². The molecule has 1 aromatic carbocycles. The number of aromatic amines is 1. The minimum Gasteiger partial charge on any atom is -0.494 e. The molecular weight excluding hydrogens is 311 g/mol. The molecule has 2 aromatic rings. The SMILES string of the molecule is COc1cc(C(=O)N(CCN(C)C)Cc2nc[nH]c2C)ccc1F. The fourth-order valence-electron chi connectivity index (χ4n) is 2.28. The topological polar surface area (TPSA) is 61.5 Å². The summed E-state index contributed by atoms with van der Waals surface area (Å²) in [7, 11) is 5.27. The number of likely N-dealkylation sites (N-methyl/N-ethyl adjacent to an activating group) is 1. The van der Waals surface area contributed by atoms with Gasteiger partial charge in [-0.05, 0) is 39.2 Å². The molecule has 1 aromatic heterocycles. The summed E-state index contributed by atoms with van der Waals surface area (Å²) >= 11 is 0. The van der Waals surface area contributed by atoms with Gasteiger partial charge in [0, 0.05) is 24.3 Å². The quantitative estimate of drug-likeness (QED) is 0.842. The molecule has 6 nitrogen and oxygen atoms in total. The smallest absolute Gasteiger partial charge is 0.254 e. The van der Waals surface area contributed by atoms with E-state index in [0.29, 0.717) is 25.2 Å². The zero-order chi connectivity index (χ0) is 17.7. The number of hydrogen-bond acceptors (Lipinski definition) is 4. The average molecular weight is 334 g/mol. The molecule has 1 amide bonds. The molecule has 0 bridgehead atoms. The summed E-state index contributed by atoms with van der Waals surface area (Å²) in [6, 6.07) is 4.15. The number of nitrogens with zero attached hydrogens (tertiary/aromatic N) is 3. The molecule has 2 rings (SSSR count). The van der Waals surface area contributed by atoms with Crippen molar-refractivity contribution in [3.8, 4) is 5.75 Å². The normalized spacial score (nSPS) is 10.9. The number of aryl methyl sites for hydroxylation is 1. The minimum absolute atomic E-state index is 0.0596. The number of carbonyl (C=O) groups is 1. The Morgan fingerprint density at radius 1 is 1.33 bits per heavy atom. The molecule has 0 fully saturated rings. The van der Waals surface area contributed by atoms with E-state index in [1.165, 1.54) is 25.3 Å². The molecule has 0 aliphatic carbocycles. The van der Waals surface area contributed by atoms with E-state index in [-0.39, 0.29) is 11.7 Å². The van der Waals surface area contributed by atoms with Crippen LogP contribution >= 0.6 is 0 Å². The third-order valence-corrected chi connectivity index (χ3v) is 3.78. The third kappa shape index (κ3) is 4.32. The van der Waals surface area contributed by atoms with Crippen molar-refractivity contribution in [2.45, 2.75) is 13.5 Å². The molecule has 0 aliphatic heterocycles. The lowest BCUT2D eigenvalue weighted by Gasteiger charge is -2.24. The first kappa shape index (κ1) is 17.9. The predicted molar refractivity (Wildman–Crippen MR) is 89.6 cm³/mol. The van der Waals surface area contributed by atoms with Crippen LogP contribution in [0.15, 0.2) is 24.5 Å². The second-order valence-electron chi connectivity index (χ2n) is 5.85. The Hall–Kier alpha value is -2.41. The molecule has 0 saturated heterocycles. The van der Waals surface area contributed by atoms with Gasteiger partial charge < -0.3 is 19.5 Å². The predicted octanol–water partition coefficient (Wildman–Crippen LogP) is 2.07. The summed E-state index contributed by atoms with van der Waals surface area (Å²) in [6.07, 6.45) is 1.61. The lowest BCUT2D eigenvalue weighted by Crippen LogP contribution is -2.36. The Balaban J connectivity index is 2.24. The van der Waals surface area contributed by atoms with Gasteiger partial charge in [0.05, 0.1) is 25.7 Å². The molecule has 1 heterocycles. The van der Waals surface area contributed by atoms with Crippen molar-refractivity contribution in [1.29, 1.82) is 0 Å². The highest BCUT2D eigenvalue weighted by molar-refractivity contribution is 5.94. The number of nitrogens with one attached hydrogen (secondary N) is 1. The number of carbonyl (C=O) groups excluding carboxylic acids is 1. The Bertz CT molecular complexity index is 700. The number of amides is 1. The van der Waals surface area contributed by atoms with Crippen LogP contribution in [0.1, 0.15) is 21.7 Å². The Morgan fingerprint density at radius 3 is 2.67 bits per heavy atom. The molecule has 7 heteroatoms. The van der Waals surface area contributed by atoms with Crippen LogP contribution in [0.3, 0.4) is 0 Å². The van der Waals surface area contributed by atoms with Gasteiger partial charge in [-0.2, -0.15) is 0 Å². The van der Waals surface area contributed by atoms with Gasteiger partial charge in [0.2, 0.25) is 0 Å². The van der Waals surface area contributed by atoms with Gasteiger partial charge in [0.15, 0.2) is 11.6 Å². The second-order valence-corrected chi connectivity index (χ2v) is 5.85. The van der Waals surface area contributed by atoms with Gasteiger partial charge >= 0.3 is 0 Å². The molecular formula is C17H23FN4O2. The first-order valence-corrected chi connectivity index (χ1v) is 7.68. The molecule has 0 radical (unpaired) electrons. The maximum Gasteiger partial charge on any atom is 0.254 e. The second kappa shape index (κ2) is 7.92. The fourth-order valence-corrected chi connectivity index (χ4v) is 2.28. The first-order chi connectivity index (χ1) is 11.4. The molecule has 130 valence electrons. The number of hydrogen-bond donors (Lipinski definition) is 1. The van der Waals surface area contributed by atoms with E-state index >= 15 is 0 Å². The van der Waals surface area contributed by atoms with Crippen molar-refractivity contribution >= 4 is 5.91 Å². The van der Waals surface area contributed by atoms with Crippen LogP contribution < -0.4 is 4.74 Å².